The highest BCUT2D eigenvalue weighted by atomic mass is 16.5. The number of carbonyl (C=O) groups is 1. The molecule has 4 rings (SSSR count). The number of aromatic nitrogens is 5. The molecule has 0 aromatic carbocycles. The number of nitrogens with one attached hydrogen (secondary N) is 1. The zero-order valence-electron chi connectivity index (χ0n) is 18.5. The van der Waals surface area contributed by atoms with Crippen LogP contribution in [0.1, 0.15) is 46.7 Å². The number of aryl methyl sites for hydroxylation is 3. The minimum Gasteiger partial charge on any atom is -0.477 e. The van der Waals surface area contributed by atoms with Crippen molar-refractivity contribution in [3.63, 3.8) is 0 Å². The fraction of sp³-hybridized carbons (Fsp3) is 0.435. The van der Waals surface area contributed by atoms with Crippen LogP contribution in [0.25, 0.3) is 5.95 Å². The van der Waals surface area contributed by atoms with Gasteiger partial charge in [-0.2, -0.15) is 5.10 Å². The van der Waals surface area contributed by atoms with Crippen LogP contribution in [-0.4, -0.2) is 37.2 Å². The first kappa shape index (κ1) is 21.0. The Morgan fingerprint density at radius 1 is 1.16 bits per heavy atom. The lowest BCUT2D eigenvalue weighted by atomic mass is 10.1. The summed E-state index contributed by atoms with van der Waals surface area (Å²) >= 11 is 0. The molecule has 0 aliphatic heterocycles. The molecule has 1 N–H and O–H groups in total. The maximum absolute atomic E-state index is 12.6. The van der Waals surface area contributed by atoms with Gasteiger partial charge in [0.25, 0.3) is 5.95 Å². The molecule has 1 aliphatic carbocycles. The summed E-state index contributed by atoms with van der Waals surface area (Å²) < 4.78 is 7.36. The number of hydrogen-bond acceptors (Lipinski definition) is 6. The summed E-state index contributed by atoms with van der Waals surface area (Å²) in [5.74, 6) is 1.79. The van der Waals surface area contributed by atoms with E-state index < -0.39 is 0 Å². The first-order chi connectivity index (χ1) is 14.9. The summed E-state index contributed by atoms with van der Waals surface area (Å²) in [6.07, 6.45) is 4.49. The molecule has 1 aliphatic rings. The van der Waals surface area contributed by atoms with E-state index in [-0.39, 0.29) is 12.3 Å². The van der Waals surface area contributed by atoms with Crippen molar-refractivity contribution in [1.29, 1.82) is 0 Å². The van der Waals surface area contributed by atoms with Crippen molar-refractivity contribution in [2.75, 3.05) is 6.61 Å². The highest BCUT2D eigenvalue weighted by Crippen LogP contribution is 2.29. The maximum Gasteiger partial charge on any atom is 0.251 e. The summed E-state index contributed by atoms with van der Waals surface area (Å²) in [4.78, 5) is 25.8. The summed E-state index contributed by atoms with van der Waals surface area (Å²) in [6, 6.07) is 5.71. The normalized spacial score (nSPS) is 13.3. The van der Waals surface area contributed by atoms with E-state index in [4.69, 9.17) is 4.74 Å². The molecule has 8 nitrogen and oxygen atoms in total. The van der Waals surface area contributed by atoms with Gasteiger partial charge >= 0.3 is 0 Å². The summed E-state index contributed by atoms with van der Waals surface area (Å²) in [7, 11) is 0. The molecule has 8 heteroatoms. The Morgan fingerprint density at radius 2 is 1.90 bits per heavy atom. The minimum absolute atomic E-state index is 0.0684. The van der Waals surface area contributed by atoms with Crippen molar-refractivity contribution in [2.24, 2.45) is 5.92 Å². The second-order valence-corrected chi connectivity index (χ2v) is 8.22. The van der Waals surface area contributed by atoms with Gasteiger partial charge in [0, 0.05) is 41.5 Å². The Balaban J connectivity index is 1.36. The van der Waals surface area contributed by atoms with E-state index >= 15 is 0 Å². The number of hydrogen-bond donors (Lipinski definition) is 1. The van der Waals surface area contributed by atoms with E-state index in [2.05, 4.69) is 25.4 Å². The first-order valence-corrected chi connectivity index (χ1v) is 10.6. The molecule has 162 valence electrons. The molecule has 0 saturated heterocycles. The van der Waals surface area contributed by atoms with Gasteiger partial charge in [-0.1, -0.05) is 6.07 Å². The number of amides is 1. The molecular formula is C23H28N6O2. The van der Waals surface area contributed by atoms with E-state index in [1.165, 1.54) is 12.8 Å². The van der Waals surface area contributed by atoms with Crippen LogP contribution >= 0.6 is 0 Å². The molecule has 0 spiro atoms. The van der Waals surface area contributed by atoms with Gasteiger partial charge in [0.15, 0.2) is 0 Å². The van der Waals surface area contributed by atoms with E-state index in [9.17, 15) is 4.79 Å². The molecule has 3 heterocycles. The molecule has 1 amide bonds. The SMILES string of the molecule is Cc1cc(C)nc(-n2nc(C)c(CC(=O)NCc3ccc(OCC4CC4)nc3)c2C)n1. The Labute approximate surface area is 182 Å². The zero-order valence-corrected chi connectivity index (χ0v) is 18.5. The van der Waals surface area contributed by atoms with Gasteiger partial charge in [-0.15, -0.1) is 0 Å². The number of nitrogens with zero attached hydrogens (tertiary/aromatic N) is 5. The smallest absolute Gasteiger partial charge is 0.251 e. The molecule has 1 fully saturated rings. The molecule has 3 aromatic heterocycles. The van der Waals surface area contributed by atoms with Gasteiger partial charge in [-0.05, 0) is 58.1 Å². The average molecular weight is 421 g/mol. The lowest BCUT2D eigenvalue weighted by Gasteiger charge is -2.08. The molecule has 31 heavy (non-hydrogen) atoms. The predicted octanol–water partition coefficient (Wildman–Crippen LogP) is 2.94. The van der Waals surface area contributed by atoms with Crippen LogP contribution in [0.15, 0.2) is 24.4 Å². The Hall–Kier alpha value is -3.29. The third kappa shape index (κ3) is 5.25. The molecule has 0 radical (unpaired) electrons. The van der Waals surface area contributed by atoms with Crippen molar-refractivity contribution < 1.29 is 9.53 Å². The van der Waals surface area contributed by atoms with E-state index in [1.807, 2.05) is 45.9 Å². The van der Waals surface area contributed by atoms with Crippen molar-refractivity contribution in [1.82, 2.24) is 30.0 Å². The number of rotatable bonds is 8. The Bertz CT molecular complexity index is 1070. The maximum atomic E-state index is 12.6. The van der Waals surface area contributed by atoms with Crippen LogP contribution in [0, 0.1) is 33.6 Å². The van der Waals surface area contributed by atoms with Gasteiger partial charge < -0.3 is 10.1 Å². The quantitative estimate of drug-likeness (QED) is 0.602. The molecule has 0 bridgehead atoms. The second kappa shape index (κ2) is 8.83. The highest BCUT2D eigenvalue weighted by molar-refractivity contribution is 5.79. The average Bonchev–Trinajstić information content (AvgIpc) is 3.52. The third-order valence-electron chi connectivity index (χ3n) is 5.39. The first-order valence-electron chi connectivity index (χ1n) is 10.6. The van der Waals surface area contributed by atoms with Crippen molar-refractivity contribution in [2.45, 2.75) is 53.5 Å². The lowest BCUT2D eigenvalue weighted by molar-refractivity contribution is -0.120. The predicted molar refractivity (Wildman–Crippen MR) is 116 cm³/mol. The molecule has 0 atom stereocenters. The fourth-order valence-electron chi connectivity index (χ4n) is 3.44. The summed E-state index contributed by atoms with van der Waals surface area (Å²) in [6.45, 7) is 8.86. The van der Waals surface area contributed by atoms with Crippen LogP contribution < -0.4 is 10.1 Å². The molecule has 3 aromatic rings. The molecular weight excluding hydrogens is 392 g/mol. The van der Waals surface area contributed by atoms with Crippen molar-refractivity contribution in [3.8, 4) is 11.8 Å². The Kier molecular flexibility index (Phi) is 5.97. The minimum atomic E-state index is -0.0684. The highest BCUT2D eigenvalue weighted by Gasteiger charge is 2.22. The number of ether oxygens (including phenoxy) is 1. The van der Waals surface area contributed by atoms with Crippen LogP contribution in [0.3, 0.4) is 0 Å². The van der Waals surface area contributed by atoms with Gasteiger partial charge in [-0.3, -0.25) is 4.79 Å². The second-order valence-electron chi connectivity index (χ2n) is 8.22. The molecule has 1 saturated carbocycles. The number of pyridine rings is 1. The van der Waals surface area contributed by atoms with Crippen LogP contribution in [-0.2, 0) is 17.8 Å². The largest absolute Gasteiger partial charge is 0.477 e. The van der Waals surface area contributed by atoms with Gasteiger partial charge in [-0.25, -0.2) is 19.6 Å². The van der Waals surface area contributed by atoms with E-state index in [1.54, 1.807) is 10.9 Å². The summed E-state index contributed by atoms with van der Waals surface area (Å²) in [5.41, 5.74) is 5.26. The third-order valence-corrected chi connectivity index (χ3v) is 5.39. The van der Waals surface area contributed by atoms with E-state index in [0.717, 1.165) is 40.5 Å². The monoisotopic (exact) mass is 420 g/mol. The Morgan fingerprint density at radius 3 is 2.55 bits per heavy atom. The van der Waals surface area contributed by atoms with Gasteiger partial charge in [0.05, 0.1) is 18.7 Å². The lowest BCUT2D eigenvalue weighted by Crippen LogP contribution is -2.25. The fourth-order valence-corrected chi connectivity index (χ4v) is 3.44. The van der Waals surface area contributed by atoms with E-state index in [0.29, 0.717) is 24.3 Å². The summed E-state index contributed by atoms with van der Waals surface area (Å²) in [5, 5.41) is 7.53. The van der Waals surface area contributed by atoms with Crippen LogP contribution in [0.2, 0.25) is 0 Å². The number of carbonyl (C=O) groups excluding carboxylic acids is 1. The van der Waals surface area contributed by atoms with Crippen LogP contribution in [0.4, 0.5) is 0 Å². The topological polar surface area (TPSA) is 94.8 Å². The van der Waals surface area contributed by atoms with Gasteiger partial charge in [0.1, 0.15) is 0 Å². The van der Waals surface area contributed by atoms with Crippen molar-refractivity contribution >= 4 is 5.91 Å². The van der Waals surface area contributed by atoms with Crippen LogP contribution in [0.5, 0.6) is 5.88 Å². The zero-order chi connectivity index (χ0) is 22.0. The molecule has 0 unspecified atom stereocenters. The van der Waals surface area contributed by atoms with Gasteiger partial charge in [0.2, 0.25) is 11.8 Å². The van der Waals surface area contributed by atoms with Crippen molar-refractivity contribution in [3.05, 3.63) is 58.3 Å². The standard InChI is InChI=1S/C23H28N6O2/c1-14-9-15(2)27-23(26-14)29-17(4)20(16(3)28-29)10-21(30)24-11-19-7-8-22(25-12-19)31-13-18-5-6-18/h7-9,12,18H,5-6,10-11,13H2,1-4H3,(H,24,30).